The van der Waals surface area contributed by atoms with Crippen molar-refractivity contribution >= 4 is 10.9 Å². The van der Waals surface area contributed by atoms with Gasteiger partial charge in [-0.2, -0.15) is 0 Å². The van der Waals surface area contributed by atoms with Crippen LogP contribution in [0.15, 0.2) is 18.2 Å². The van der Waals surface area contributed by atoms with Crippen LogP contribution in [0.1, 0.15) is 31.5 Å². The molecule has 0 fully saturated rings. The number of ether oxygens (including phenoxy) is 2. The van der Waals surface area contributed by atoms with Gasteiger partial charge in [0.25, 0.3) is 0 Å². The fraction of sp³-hybridized carbons (Fsp3) is 0.556. The third-order valence-corrected chi connectivity index (χ3v) is 4.28. The highest BCUT2D eigenvalue weighted by Crippen LogP contribution is 2.34. The summed E-state index contributed by atoms with van der Waals surface area (Å²) in [5, 5.41) is 1.31. The van der Waals surface area contributed by atoms with E-state index in [2.05, 4.69) is 29.7 Å². The maximum Gasteiger partial charge on any atom is 0.120 e. The maximum absolute atomic E-state index is 6.06. The molecule has 4 heteroatoms. The molecule has 0 spiro atoms. The van der Waals surface area contributed by atoms with Gasteiger partial charge in [-0.1, -0.05) is 0 Å². The standard InChI is InChI=1S/C18H26N2O2/c1-3-21-9-10-22-14-6-7-18-16(12-14)15(11-13(2)19)17-5-4-8-20(17)18/h6-7,12-13H,3-5,8-11,19H2,1-2H3/t13-/m0/s1. The van der Waals surface area contributed by atoms with Crippen LogP contribution in [0.2, 0.25) is 0 Å². The van der Waals surface area contributed by atoms with Crippen molar-refractivity contribution in [1.29, 1.82) is 0 Å². The summed E-state index contributed by atoms with van der Waals surface area (Å²) in [5.74, 6) is 0.919. The minimum atomic E-state index is 0.179. The Labute approximate surface area is 132 Å². The summed E-state index contributed by atoms with van der Waals surface area (Å²) in [6.07, 6.45) is 3.34. The van der Waals surface area contributed by atoms with Gasteiger partial charge in [-0.3, -0.25) is 0 Å². The Balaban J connectivity index is 1.89. The quantitative estimate of drug-likeness (QED) is 0.800. The van der Waals surface area contributed by atoms with Gasteiger partial charge < -0.3 is 19.8 Å². The molecule has 2 aromatic rings. The first kappa shape index (κ1) is 15.4. The Kier molecular flexibility index (Phi) is 4.69. The van der Waals surface area contributed by atoms with Crippen molar-refractivity contribution < 1.29 is 9.47 Å². The molecule has 1 aliphatic heterocycles. The number of rotatable bonds is 7. The van der Waals surface area contributed by atoms with Crippen molar-refractivity contribution in [3.63, 3.8) is 0 Å². The van der Waals surface area contributed by atoms with E-state index in [4.69, 9.17) is 15.2 Å². The van der Waals surface area contributed by atoms with Crippen LogP contribution in [0.5, 0.6) is 5.75 Å². The summed E-state index contributed by atoms with van der Waals surface area (Å²) in [6, 6.07) is 6.60. The lowest BCUT2D eigenvalue weighted by Crippen LogP contribution is -2.18. The molecule has 1 aliphatic rings. The first-order chi connectivity index (χ1) is 10.7. The van der Waals surface area contributed by atoms with Crippen molar-refractivity contribution in [3.8, 4) is 5.75 Å². The normalized spacial score (nSPS) is 15.2. The highest BCUT2D eigenvalue weighted by Gasteiger charge is 2.21. The number of fused-ring (bicyclic) bond motifs is 3. The number of aromatic nitrogens is 1. The summed E-state index contributed by atoms with van der Waals surface area (Å²) in [4.78, 5) is 0. The third-order valence-electron chi connectivity index (χ3n) is 4.28. The highest BCUT2D eigenvalue weighted by molar-refractivity contribution is 5.87. The number of aryl methyl sites for hydroxylation is 1. The van der Waals surface area contributed by atoms with E-state index in [0.717, 1.165) is 31.7 Å². The molecule has 0 bridgehead atoms. The van der Waals surface area contributed by atoms with E-state index in [0.29, 0.717) is 13.2 Å². The summed E-state index contributed by atoms with van der Waals surface area (Å²) < 4.78 is 13.6. The van der Waals surface area contributed by atoms with Crippen LogP contribution in [0, 0.1) is 0 Å². The van der Waals surface area contributed by atoms with Crippen molar-refractivity contribution in [1.82, 2.24) is 4.57 Å². The number of hydrogen-bond acceptors (Lipinski definition) is 3. The Bertz CT molecular complexity index is 646. The molecule has 1 aromatic heterocycles. The molecule has 0 aliphatic carbocycles. The molecular weight excluding hydrogens is 276 g/mol. The van der Waals surface area contributed by atoms with Gasteiger partial charge in [0.05, 0.1) is 6.61 Å². The predicted molar refractivity (Wildman–Crippen MR) is 89.6 cm³/mol. The second-order valence-electron chi connectivity index (χ2n) is 6.09. The lowest BCUT2D eigenvalue weighted by Gasteiger charge is -2.09. The first-order valence-corrected chi connectivity index (χ1v) is 8.30. The molecule has 0 saturated carbocycles. The van der Waals surface area contributed by atoms with Crippen molar-refractivity contribution in [2.24, 2.45) is 5.73 Å². The lowest BCUT2D eigenvalue weighted by molar-refractivity contribution is 0.110. The van der Waals surface area contributed by atoms with E-state index in [-0.39, 0.29) is 6.04 Å². The monoisotopic (exact) mass is 302 g/mol. The molecule has 2 heterocycles. The fourth-order valence-corrected chi connectivity index (χ4v) is 3.40. The van der Waals surface area contributed by atoms with Gasteiger partial charge in [0.1, 0.15) is 12.4 Å². The van der Waals surface area contributed by atoms with Gasteiger partial charge in [0.2, 0.25) is 0 Å². The number of benzene rings is 1. The molecule has 0 saturated heterocycles. The van der Waals surface area contributed by atoms with Gasteiger partial charge in [0, 0.05) is 35.8 Å². The zero-order valence-corrected chi connectivity index (χ0v) is 13.6. The minimum Gasteiger partial charge on any atom is -0.491 e. The maximum atomic E-state index is 6.06. The molecular formula is C18H26N2O2. The molecule has 3 rings (SSSR count). The van der Waals surface area contributed by atoms with Gasteiger partial charge >= 0.3 is 0 Å². The Morgan fingerprint density at radius 2 is 2.18 bits per heavy atom. The predicted octanol–water partition coefficient (Wildman–Crippen LogP) is 2.89. The van der Waals surface area contributed by atoms with E-state index in [9.17, 15) is 0 Å². The zero-order valence-electron chi connectivity index (χ0n) is 13.6. The van der Waals surface area contributed by atoms with Crippen LogP contribution in [-0.4, -0.2) is 30.4 Å². The summed E-state index contributed by atoms with van der Waals surface area (Å²) >= 11 is 0. The Morgan fingerprint density at radius 3 is 2.95 bits per heavy atom. The average Bonchev–Trinajstić information content (AvgIpc) is 3.06. The van der Waals surface area contributed by atoms with E-state index >= 15 is 0 Å². The van der Waals surface area contributed by atoms with Gasteiger partial charge in [-0.05, 0) is 56.9 Å². The van der Waals surface area contributed by atoms with Crippen molar-refractivity contribution in [2.45, 2.75) is 45.7 Å². The highest BCUT2D eigenvalue weighted by atomic mass is 16.5. The van der Waals surface area contributed by atoms with E-state index in [1.165, 1.54) is 28.6 Å². The SMILES string of the molecule is CCOCCOc1ccc2c(c1)c(C[C@H](C)N)c1n2CCC1. The van der Waals surface area contributed by atoms with E-state index < -0.39 is 0 Å². The van der Waals surface area contributed by atoms with Gasteiger partial charge in [-0.15, -0.1) is 0 Å². The molecule has 1 atom stereocenters. The number of hydrogen-bond donors (Lipinski definition) is 1. The van der Waals surface area contributed by atoms with E-state index in [1.54, 1.807) is 0 Å². The molecule has 2 N–H and O–H groups in total. The van der Waals surface area contributed by atoms with Crippen LogP contribution < -0.4 is 10.5 Å². The molecule has 1 aromatic carbocycles. The molecule has 0 radical (unpaired) electrons. The average molecular weight is 302 g/mol. The Morgan fingerprint density at radius 1 is 1.32 bits per heavy atom. The lowest BCUT2D eigenvalue weighted by atomic mass is 10.0. The van der Waals surface area contributed by atoms with Gasteiger partial charge in [0.15, 0.2) is 0 Å². The molecule has 120 valence electrons. The van der Waals surface area contributed by atoms with Crippen LogP contribution in [0.4, 0.5) is 0 Å². The molecule has 22 heavy (non-hydrogen) atoms. The first-order valence-electron chi connectivity index (χ1n) is 8.30. The van der Waals surface area contributed by atoms with Crippen molar-refractivity contribution in [2.75, 3.05) is 19.8 Å². The minimum absolute atomic E-state index is 0.179. The van der Waals surface area contributed by atoms with Gasteiger partial charge in [-0.25, -0.2) is 0 Å². The smallest absolute Gasteiger partial charge is 0.120 e. The Hall–Kier alpha value is -1.52. The van der Waals surface area contributed by atoms with E-state index in [1.807, 2.05) is 6.92 Å². The topological polar surface area (TPSA) is 49.4 Å². The largest absolute Gasteiger partial charge is 0.491 e. The third kappa shape index (κ3) is 2.99. The zero-order chi connectivity index (χ0) is 15.5. The second-order valence-corrected chi connectivity index (χ2v) is 6.09. The molecule has 0 unspecified atom stereocenters. The fourth-order valence-electron chi connectivity index (χ4n) is 3.40. The molecule has 4 nitrogen and oxygen atoms in total. The van der Waals surface area contributed by atoms with Crippen LogP contribution in [-0.2, 0) is 24.1 Å². The summed E-state index contributed by atoms with van der Waals surface area (Å²) in [6.45, 7) is 7.15. The van der Waals surface area contributed by atoms with Crippen LogP contribution >= 0.6 is 0 Å². The van der Waals surface area contributed by atoms with Crippen LogP contribution in [0.3, 0.4) is 0 Å². The summed E-state index contributed by atoms with van der Waals surface area (Å²) in [5.41, 5.74) is 10.3. The summed E-state index contributed by atoms with van der Waals surface area (Å²) in [7, 11) is 0. The second kappa shape index (κ2) is 6.71. The van der Waals surface area contributed by atoms with Crippen LogP contribution in [0.25, 0.3) is 10.9 Å². The number of nitrogens with zero attached hydrogens (tertiary/aromatic N) is 1. The van der Waals surface area contributed by atoms with Crippen molar-refractivity contribution in [3.05, 3.63) is 29.5 Å². The number of nitrogens with two attached hydrogens (primary N) is 1. The molecule has 0 amide bonds.